The van der Waals surface area contributed by atoms with Crippen LogP contribution in [-0.2, 0) is 9.59 Å². The minimum atomic E-state index is -1.03. The topological polar surface area (TPSA) is 66.4 Å². The highest BCUT2D eigenvalue weighted by atomic mass is 35.5. The summed E-state index contributed by atoms with van der Waals surface area (Å²) in [5.74, 6) is -1.33. The van der Waals surface area contributed by atoms with Crippen LogP contribution in [0.25, 0.3) is 0 Å². The van der Waals surface area contributed by atoms with Gasteiger partial charge in [0.15, 0.2) is 0 Å². The summed E-state index contributed by atoms with van der Waals surface area (Å²) in [6, 6.07) is 5.36. The van der Waals surface area contributed by atoms with Crippen molar-refractivity contribution in [1.82, 2.24) is 5.32 Å². The van der Waals surface area contributed by atoms with Crippen molar-refractivity contribution in [3.63, 3.8) is 0 Å². The number of hydrogen-bond donors (Lipinski definition) is 2. The second kappa shape index (κ2) is 4.64. The molecule has 0 bridgehead atoms. The summed E-state index contributed by atoms with van der Waals surface area (Å²) in [5.41, 5.74) is -0.165. The minimum Gasteiger partial charge on any atom is -0.480 e. The third kappa shape index (κ3) is 2.27. The van der Waals surface area contributed by atoms with Crippen molar-refractivity contribution in [3.8, 4) is 0 Å². The summed E-state index contributed by atoms with van der Waals surface area (Å²) >= 11 is 12.1. The number of carbonyl (C=O) groups is 2. The van der Waals surface area contributed by atoms with Gasteiger partial charge in [0, 0.05) is 5.92 Å². The van der Waals surface area contributed by atoms with E-state index in [0.717, 1.165) is 5.56 Å². The first-order valence-corrected chi connectivity index (χ1v) is 7.19. The SMILES string of the molecule is O=C(NC1(C(=O)O)CC1)[C@H]1C[C@H]1c1cccc(Cl)c1Cl. The van der Waals surface area contributed by atoms with Gasteiger partial charge in [-0.1, -0.05) is 35.3 Å². The Morgan fingerprint density at radius 3 is 2.60 bits per heavy atom. The average molecular weight is 314 g/mol. The Morgan fingerprint density at radius 2 is 2.00 bits per heavy atom. The number of rotatable bonds is 4. The Bertz CT molecular complexity index is 598. The molecule has 2 N–H and O–H groups in total. The maximum atomic E-state index is 12.1. The molecule has 1 aromatic rings. The van der Waals surface area contributed by atoms with Crippen LogP contribution in [0.3, 0.4) is 0 Å². The molecule has 0 heterocycles. The Labute approximate surface area is 126 Å². The van der Waals surface area contributed by atoms with Crippen molar-refractivity contribution in [3.05, 3.63) is 33.8 Å². The second-order valence-electron chi connectivity index (χ2n) is 5.47. The molecule has 0 unspecified atom stereocenters. The average Bonchev–Trinajstić information content (AvgIpc) is 3.25. The normalized spacial score (nSPS) is 25.9. The fourth-order valence-corrected chi connectivity index (χ4v) is 2.93. The summed E-state index contributed by atoms with van der Waals surface area (Å²) in [7, 11) is 0. The number of halogens is 2. The van der Waals surface area contributed by atoms with Crippen LogP contribution < -0.4 is 5.32 Å². The molecule has 2 saturated carbocycles. The molecule has 6 heteroatoms. The standard InChI is InChI=1S/C14H13Cl2NO3/c15-10-3-1-2-7(11(10)16)8-6-9(8)12(18)17-14(4-5-14)13(19)20/h1-3,8-9H,4-6H2,(H,17,18)(H,19,20)/t8-,9-/m0/s1. The Balaban J connectivity index is 1.69. The molecule has 0 radical (unpaired) electrons. The van der Waals surface area contributed by atoms with Crippen molar-refractivity contribution >= 4 is 35.1 Å². The predicted octanol–water partition coefficient (Wildman–Crippen LogP) is 2.83. The molecule has 2 fully saturated rings. The van der Waals surface area contributed by atoms with Gasteiger partial charge < -0.3 is 10.4 Å². The molecule has 20 heavy (non-hydrogen) atoms. The molecule has 2 atom stereocenters. The summed E-state index contributed by atoms with van der Waals surface area (Å²) in [6.07, 6.45) is 1.69. The number of carboxylic acids is 1. The van der Waals surface area contributed by atoms with Gasteiger partial charge in [-0.05, 0) is 36.8 Å². The van der Waals surface area contributed by atoms with Crippen LogP contribution in [-0.4, -0.2) is 22.5 Å². The smallest absolute Gasteiger partial charge is 0.329 e. The predicted molar refractivity (Wildman–Crippen MR) is 75.1 cm³/mol. The maximum absolute atomic E-state index is 12.1. The highest BCUT2D eigenvalue weighted by Gasteiger charge is 2.55. The molecule has 1 aromatic carbocycles. The van der Waals surface area contributed by atoms with E-state index >= 15 is 0 Å². The van der Waals surface area contributed by atoms with Crippen LogP contribution in [0.4, 0.5) is 0 Å². The van der Waals surface area contributed by atoms with E-state index in [2.05, 4.69) is 5.32 Å². The van der Waals surface area contributed by atoms with Crippen molar-refractivity contribution in [2.75, 3.05) is 0 Å². The van der Waals surface area contributed by atoms with Crippen LogP contribution in [0.5, 0.6) is 0 Å². The lowest BCUT2D eigenvalue weighted by Gasteiger charge is -2.12. The van der Waals surface area contributed by atoms with Crippen LogP contribution >= 0.6 is 23.2 Å². The van der Waals surface area contributed by atoms with Gasteiger partial charge >= 0.3 is 5.97 Å². The van der Waals surface area contributed by atoms with Crippen LogP contribution in [0.15, 0.2) is 18.2 Å². The van der Waals surface area contributed by atoms with Gasteiger partial charge in [0.1, 0.15) is 5.54 Å². The lowest BCUT2D eigenvalue weighted by Crippen LogP contribution is -2.43. The van der Waals surface area contributed by atoms with Gasteiger partial charge in [0.05, 0.1) is 10.0 Å². The van der Waals surface area contributed by atoms with Crippen LogP contribution in [0.1, 0.15) is 30.7 Å². The third-order valence-corrected chi connectivity index (χ3v) is 4.86. The van der Waals surface area contributed by atoms with E-state index in [1.54, 1.807) is 12.1 Å². The van der Waals surface area contributed by atoms with Crippen molar-refractivity contribution in [2.24, 2.45) is 5.92 Å². The lowest BCUT2D eigenvalue weighted by atomic mass is 10.1. The molecule has 2 aliphatic carbocycles. The van der Waals surface area contributed by atoms with E-state index in [0.29, 0.717) is 29.3 Å². The molecule has 0 saturated heterocycles. The molecule has 4 nitrogen and oxygen atoms in total. The van der Waals surface area contributed by atoms with Gasteiger partial charge in [0.25, 0.3) is 0 Å². The first-order chi connectivity index (χ1) is 9.44. The van der Waals surface area contributed by atoms with E-state index in [-0.39, 0.29) is 17.7 Å². The lowest BCUT2D eigenvalue weighted by molar-refractivity contribution is -0.143. The molecule has 0 aromatic heterocycles. The van der Waals surface area contributed by atoms with Crippen molar-refractivity contribution < 1.29 is 14.7 Å². The number of carboxylic acid groups (broad SMARTS) is 1. The van der Waals surface area contributed by atoms with Crippen LogP contribution in [0, 0.1) is 5.92 Å². The largest absolute Gasteiger partial charge is 0.480 e. The molecule has 0 aliphatic heterocycles. The fourth-order valence-electron chi connectivity index (χ4n) is 2.48. The Morgan fingerprint density at radius 1 is 1.30 bits per heavy atom. The molecular weight excluding hydrogens is 301 g/mol. The molecular formula is C14H13Cl2NO3. The van der Waals surface area contributed by atoms with E-state index in [1.807, 2.05) is 6.07 Å². The number of aliphatic carboxylic acids is 1. The van der Waals surface area contributed by atoms with E-state index in [4.69, 9.17) is 28.3 Å². The van der Waals surface area contributed by atoms with Gasteiger partial charge in [-0.3, -0.25) is 4.79 Å². The maximum Gasteiger partial charge on any atom is 0.329 e. The number of hydrogen-bond acceptors (Lipinski definition) is 2. The first-order valence-electron chi connectivity index (χ1n) is 6.44. The van der Waals surface area contributed by atoms with Crippen molar-refractivity contribution in [1.29, 1.82) is 0 Å². The zero-order valence-corrected chi connectivity index (χ0v) is 12.0. The van der Waals surface area contributed by atoms with Gasteiger partial charge in [-0.15, -0.1) is 0 Å². The summed E-state index contributed by atoms with van der Waals surface area (Å²) in [6.45, 7) is 0. The Hall–Kier alpha value is -1.26. The third-order valence-electron chi connectivity index (χ3n) is 4.03. The molecule has 2 aliphatic rings. The van der Waals surface area contributed by atoms with Gasteiger partial charge in [0.2, 0.25) is 5.91 Å². The molecule has 0 spiro atoms. The molecule has 3 rings (SSSR count). The second-order valence-corrected chi connectivity index (χ2v) is 6.25. The van der Waals surface area contributed by atoms with Gasteiger partial charge in [-0.2, -0.15) is 0 Å². The minimum absolute atomic E-state index is 0.0331. The monoisotopic (exact) mass is 313 g/mol. The number of nitrogens with one attached hydrogen (secondary N) is 1. The van der Waals surface area contributed by atoms with E-state index in [9.17, 15) is 9.59 Å². The zero-order valence-electron chi connectivity index (χ0n) is 10.5. The zero-order chi connectivity index (χ0) is 14.5. The molecule has 1 amide bonds. The van der Waals surface area contributed by atoms with Crippen molar-refractivity contribution in [2.45, 2.75) is 30.7 Å². The van der Waals surface area contributed by atoms with Gasteiger partial charge in [-0.25, -0.2) is 4.79 Å². The highest BCUT2D eigenvalue weighted by Crippen LogP contribution is 2.51. The van der Waals surface area contributed by atoms with E-state index in [1.165, 1.54) is 0 Å². The quantitative estimate of drug-likeness (QED) is 0.898. The first kappa shape index (κ1) is 13.7. The van der Waals surface area contributed by atoms with E-state index < -0.39 is 11.5 Å². The number of benzene rings is 1. The number of amides is 1. The summed E-state index contributed by atoms with van der Waals surface area (Å²) in [4.78, 5) is 23.2. The fraction of sp³-hybridized carbons (Fsp3) is 0.429. The molecule has 106 valence electrons. The number of carbonyl (C=O) groups excluding carboxylic acids is 1. The summed E-state index contributed by atoms with van der Waals surface area (Å²) in [5, 5.41) is 12.7. The summed E-state index contributed by atoms with van der Waals surface area (Å²) < 4.78 is 0. The Kier molecular flexibility index (Phi) is 3.18. The van der Waals surface area contributed by atoms with Crippen LogP contribution in [0.2, 0.25) is 10.0 Å². The highest BCUT2D eigenvalue weighted by molar-refractivity contribution is 6.42.